The predicted octanol–water partition coefficient (Wildman–Crippen LogP) is 3.43. The second-order valence-corrected chi connectivity index (χ2v) is 9.53. The Kier molecular flexibility index (Phi) is 8.96. The van der Waals surface area contributed by atoms with E-state index in [4.69, 9.17) is 51.1 Å². The molecule has 0 heterocycles. The highest BCUT2D eigenvalue weighted by Gasteiger charge is 2.43. The van der Waals surface area contributed by atoms with Crippen LogP contribution in [0.5, 0.6) is 0 Å². The van der Waals surface area contributed by atoms with Gasteiger partial charge in [0.2, 0.25) is 0 Å². The van der Waals surface area contributed by atoms with Gasteiger partial charge in [-0.25, -0.2) is 0 Å². The van der Waals surface area contributed by atoms with Gasteiger partial charge in [-0.3, -0.25) is 4.55 Å². The number of hydrogen-bond donors (Lipinski definition) is 1. The van der Waals surface area contributed by atoms with Crippen LogP contribution < -0.4 is 0 Å². The van der Waals surface area contributed by atoms with Gasteiger partial charge in [0.05, 0.1) is 6.61 Å². The molecule has 0 spiro atoms. The zero-order chi connectivity index (χ0) is 16.9. The molecule has 12 heteroatoms. The fraction of sp³-hybridized carbons (Fsp3) is 0.889. The van der Waals surface area contributed by atoms with E-state index >= 15 is 0 Å². The minimum absolute atomic E-state index is 0.0818. The zero-order valence-electron chi connectivity index (χ0n) is 11.4. The van der Waals surface area contributed by atoms with Gasteiger partial charge in [-0.05, 0) is 13.8 Å². The summed E-state index contributed by atoms with van der Waals surface area (Å²) in [6.07, 6.45) is 0. The minimum atomic E-state index is -4.47. The Bertz CT molecular complexity index is 502. The van der Waals surface area contributed by atoms with Crippen molar-refractivity contribution in [2.24, 2.45) is 0 Å². The summed E-state index contributed by atoms with van der Waals surface area (Å²) in [6, 6.07) is 2.52. The molecule has 0 aromatic carbocycles. The zero-order valence-corrected chi connectivity index (χ0v) is 16.0. The largest absolute Gasteiger partial charge is 0.383 e. The van der Waals surface area contributed by atoms with Gasteiger partial charge in [-0.1, -0.05) is 23.2 Å². The number of nitrogens with zero attached hydrogens (tertiary/aromatic N) is 2. The molecule has 0 saturated heterocycles. The molecular weight excluding hydrogens is 406 g/mol. The fourth-order valence-corrected chi connectivity index (χ4v) is 2.99. The molecule has 0 aromatic rings. The van der Waals surface area contributed by atoms with Crippen molar-refractivity contribution < 1.29 is 17.7 Å². The molecule has 0 amide bonds. The Labute approximate surface area is 148 Å². The second kappa shape index (κ2) is 8.62. The third-order valence-corrected chi connectivity index (χ3v) is 6.21. The van der Waals surface area contributed by atoms with Crippen LogP contribution in [0.15, 0.2) is 0 Å². The summed E-state index contributed by atoms with van der Waals surface area (Å²) >= 11 is 23.3. The number of alkyl halides is 4. The summed E-state index contributed by atoms with van der Waals surface area (Å²) in [5, 5.41) is 0. The van der Waals surface area contributed by atoms with Crippen molar-refractivity contribution in [2.75, 3.05) is 20.3 Å². The van der Waals surface area contributed by atoms with E-state index in [1.165, 1.54) is 21.0 Å². The van der Waals surface area contributed by atoms with Gasteiger partial charge >= 0.3 is 28.3 Å². The molecular formula is C9H15Cl4N2O4S2+. The maximum Gasteiger partial charge on any atom is 0.353 e. The Morgan fingerprint density at radius 2 is 1.95 bits per heavy atom. The van der Waals surface area contributed by atoms with Crippen LogP contribution >= 0.6 is 58.4 Å². The molecule has 0 aliphatic rings. The number of methoxy groups -OCH3 is 1. The summed E-state index contributed by atoms with van der Waals surface area (Å²) in [6.45, 7) is 2.95. The lowest BCUT2D eigenvalue weighted by Gasteiger charge is -2.26. The molecule has 21 heavy (non-hydrogen) atoms. The molecule has 0 unspecified atom stereocenters. The molecule has 0 rings (SSSR count). The van der Waals surface area contributed by atoms with Crippen LogP contribution in [0, 0.1) is 6.07 Å². The monoisotopic (exact) mass is 419 g/mol. The first-order valence-electron chi connectivity index (χ1n) is 5.40. The lowest BCUT2D eigenvalue weighted by Crippen LogP contribution is -2.47. The van der Waals surface area contributed by atoms with Gasteiger partial charge in [0.25, 0.3) is 3.67 Å². The lowest BCUT2D eigenvalue weighted by molar-refractivity contribution is 0.152. The van der Waals surface area contributed by atoms with Crippen LogP contribution in [-0.2, 0) is 15.0 Å². The molecule has 1 N–H and O–H groups in total. The molecule has 0 aliphatic heterocycles. The molecule has 0 aliphatic carbocycles. The quantitative estimate of drug-likeness (QED) is 0.388. The van der Waals surface area contributed by atoms with Gasteiger partial charge in [0.1, 0.15) is 0 Å². The van der Waals surface area contributed by atoms with Gasteiger partial charge in [0, 0.05) is 17.9 Å². The van der Waals surface area contributed by atoms with E-state index in [1.807, 2.05) is 0 Å². The Morgan fingerprint density at radius 1 is 1.43 bits per heavy atom. The average Bonchev–Trinajstić information content (AvgIpc) is 2.26. The summed E-state index contributed by atoms with van der Waals surface area (Å²) in [5.41, 5.74) is -1.27. The molecule has 0 bridgehead atoms. The Morgan fingerprint density at radius 3 is 2.33 bits per heavy atom. The molecule has 0 aromatic heterocycles. The molecule has 0 radical (unpaired) electrons. The van der Waals surface area contributed by atoms with Crippen molar-refractivity contribution in [3.8, 4) is 6.07 Å². The van der Waals surface area contributed by atoms with E-state index in [0.717, 1.165) is 4.31 Å². The molecule has 0 fully saturated rings. The van der Waals surface area contributed by atoms with Crippen LogP contribution in [0.2, 0.25) is 0 Å². The van der Waals surface area contributed by atoms with Crippen molar-refractivity contribution in [3.05, 3.63) is 4.25 Å². The van der Waals surface area contributed by atoms with E-state index < -0.39 is 24.3 Å². The number of hydrogen-bond acceptors (Lipinski definition) is 4. The smallest absolute Gasteiger partial charge is 0.353 e. The Balaban J connectivity index is 5.17. The maximum atomic E-state index is 11.4. The van der Waals surface area contributed by atoms with Crippen LogP contribution in [0.3, 0.4) is 0 Å². The Hall–Kier alpha value is 0.830. The molecule has 124 valence electrons. The van der Waals surface area contributed by atoms with E-state index in [-0.39, 0.29) is 13.2 Å². The third-order valence-electron chi connectivity index (χ3n) is 2.14. The molecule has 6 nitrogen and oxygen atoms in total. The average molecular weight is 421 g/mol. The van der Waals surface area contributed by atoms with E-state index in [9.17, 15) is 13.0 Å². The molecule has 0 atom stereocenters. The fourth-order valence-electron chi connectivity index (χ4n) is 1.15. The van der Waals surface area contributed by atoms with Crippen LogP contribution in [0.1, 0.15) is 13.8 Å². The first-order chi connectivity index (χ1) is 9.34. The first-order valence-corrected chi connectivity index (χ1v) is 9.20. The number of ether oxygens (including phenoxy) is 1. The highest BCUT2D eigenvalue weighted by atomic mass is 35.5. The normalized spacial score (nSPS) is 13.4. The SMILES string of the molecule is COCCN(C(C)(C)C#[N+]SC(Cl)(Cl)C(Cl)Cl)S(=O)(=O)O. The second-order valence-electron chi connectivity index (χ2n) is 4.26. The predicted molar refractivity (Wildman–Crippen MR) is 89.0 cm³/mol. The summed E-state index contributed by atoms with van der Waals surface area (Å²) in [5.74, 6) is 0. The lowest BCUT2D eigenvalue weighted by atomic mass is 10.1. The topological polar surface area (TPSA) is 71.2 Å². The summed E-state index contributed by atoms with van der Waals surface area (Å²) < 4.78 is 39.7. The minimum Gasteiger partial charge on any atom is -0.383 e. The maximum absolute atomic E-state index is 11.4. The van der Waals surface area contributed by atoms with Crippen LogP contribution in [-0.4, -0.2) is 51.6 Å². The third kappa shape index (κ3) is 7.77. The molecule has 0 saturated carbocycles. The summed E-state index contributed by atoms with van der Waals surface area (Å²) in [4.78, 5) is -1.12. The van der Waals surface area contributed by atoms with Gasteiger partial charge in [-0.15, -0.1) is 23.2 Å². The number of rotatable bonds is 7. The highest BCUT2D eigenvalue weighted by molar-refractivity contribution is 8.05. The standard InChI is InChI=1S/C9H14Cl4N2O4S2/c1-8(2,6-14-20-9(12,13)7(10)11)15(4-5-19-3)21(16,17)18/h7H,4-5H2,1-3H3/p+1. The van der Waals surface area contributed by atoms with Crippen molar-refractivity contribution in [2.45, 2.75) is 27.9 Å². The van der Waals surface area contributed by atoms with E-state index in [0.29, 0.717) is 11.9 Å². The number of halogens is 4. The van der Waals surface area contributed by atoms with Crippen molar-refractivity contribution in [1.82, 2.24) is 4.31 Å². The van der Waals surface area contributed by atoms with Crippen molar-refractivity contribution in [1.29, 1.82) is 0 Å². The first kappa shape index (κ1) is 21.8. The highest BCUT2D eigenvalue weighted by Crippen LogP contribution is 2.43. The van der Waals surface area contributed by atoms with Crippen LogP contribution in [0.25, 0.3) is 4.25 Å². The van der Waals surface area contributed by atoms with Crippen molar-refractivity contribution in [3.63, 3.8) is 0 Å². The van der Waals surface area contributed by atoms with Gasteiger partial charge < -0.3 is 4.74 Å². The van der Waals surface area contributed by atoms with E-state index in [1.54, 1.807) is 0 Å². The van der Waals surface area contributed by atoms with Crippen molar-refractivity contribution >= 4 is 68.7 Å². The van der Waals surface area contributed by atoms with Gasteiger partial charge in [-0.2, -0.15) is 12.7 Å². The summed E-state index contributed by atoms with van der Waals surface area (Å²) in [7, 11) is -3.07. The van der Waals surface area contributed by atoms with E-state index in [2.05, 4.69) is 10.3 Å². The van der Waals surface area contributed by atoms with Gasteiger partial charge in [0.15, 0.2) is 10.4 Å². The van der Waals surface area contributed by atoms with Crippen LogP contribution in [0.4, 0.5) is 0 Å².